The van der Waals surface area contributed by atoms with E-state index in [0.717, 1.165) is 6.42 Å². The van der Waals surface area contributed by atoms with Crippen molar-refractivity contribution in [2.75, 3.05) is 0 Å². The number of hydrogen-bond acceptors (Lipinski definition) is 3. The van der Waals surface area contributed by atoms with Gasteiger partial charge < -0.3 is 15.6 Å². The Morgan fingerprint density at radius 2 is 2.10 bits per heavy atom. The van der Waals surface area contributed by atoms with Crippen molar-refractivity contribution in [3.8, 4) is 0 Å². The van der Waals surface area contributed by atoms with Crippen molar-refractivity contribution < 1.29 is 9.84 Å². The summed E-state index contributed by atoms with van der Waals surface area (Å²) in [6.45, 7) is 3.83. The molecule has 0 bridgehead atoms. The molecule has 0 spiro atoms. The lowest BCUT2D eigenvalue weighted by atomic mass is 9.95. The number of rotatable bonds is 0. The predicted molar refractivity (Wildman–Crippen MR) is 38.3 cm³/mol. The molecule has 0 aromatic heterocycles. The van der Waals surface area contributed by atoms with Crippen LogP contribution in [0.3, 0.4) is 0 Å². The molecule has 1 rings (SSSR count). The number of aliphatic hydroxyl groups excluding tert-OH is 1. The highest BCUT2D eigenvalue weighted by Crippen LogP contribution is 2.21. The Hall–Kier alpha value is -0.120. The topological polar surface area (TPSA) is 55.5 Å². The van der Waals surface area contributed by atoms with Gasteiger partial charge in [0.05, 0.1) is 6.10 Å². The van der Waals surface area contributed by atoms with Gasteiger partial charge in [0.15, 0.2) is 6.29 Å². The Labute approximate surface area is 61.2 Å². The van der Waals surface area contributed by atoms with Crippen LogP contribution in [0.15, 0.2) is 0 Å². The van der Waals surface area contributed by atoms with Crippen LogP contribution in [-0.2, 0) is 4.74 Å². The van der Waals surface area contributed by atoms with Crippen molar-refractivity contribution >= 4 is 0 Å². The first kappa shape index (κ1) is 7.98. The van der Waals surface area contributed by atoms with E-state index in [1.54, 1.807) is 0 Å². The van der Waals surface area contributed by atoms with Crippen molar-refractivity contribution in [1.29, 1.82) is 0 Å². The fourth-order valence-corrected chi connectivity index (χ4v) is 1.19. The molecule has 3 N–H and O–H groups in total. The molecule has 0 amide bonds. The summed E-state index contributed by atoms with van der Waals surface area (Å²) in [4.78, 5) is 0. The van der Waals surface area contributed by atoms with E-state index in [-0.39, 0.29) is 18.1 Å². The van der Waals surface area contributed by atoms with Gasteiger partial charge in [0.2, 0.25) is 0 Å². The monoisotopic (exact) mass is 145 g/mol. The van der Waals surface area contributed by atoms with Crippen LogP contribution in [-0.4, -0.2) is 23.5 Å². The van der Waals surface area contributed by atoms with E-state index in [9.17, 15) is 5.11 Å². The van der Waals surface area contributed by atoms with Crippen molar-refractivity contribution in [1.82, 2.24) is 0 Å². The van der Waals surface area contributed by atoms with Crippen molar-refractivity contribution in [2.45, 2.75) is 38.7 Å². The normalized spacial score (nSPS) is 49.2. The quantitative estimate of drug-likeness (QED) is 0.507. The second kappa shape index (κ2) is 2.86. The second-order valence-corrected chi connectivity index (χ2v) is 3.11. The van der Waals surface area contributed by atoms with Crippen molar-refractivity contribution in [3.05, 3.63) is 0 Å². The van der Waals surface area contributed by atoms with Gasteiger partial charge in [-0.2, -0.15) is 0 Å². The predicted octanol–water partition coefficient (Wildman–Crippen LogP) is 0.0770. The smallest absolute Gasteiger partial charge is 0.157 e. The number of nitrogens with two attached hydrogens (primary N) is 1. The summed E-state index contributed by atoms with van der Waals surface area (Å²) in [6, 6.07) is 0.0819. The molecule has 4 unspecified atom stereocenters. The van der Waals surface area contributed by atoms with E-state index in [1.807, 2.05) is 13.8 Å². The van der Waals surface area contributed by atoms with Crippen LogP contribution in [0, 0.1) is 5.92 Å². The third-order valence-electron chi connectivity index (χ3n) is 2.09. The summed E-state index contributed by atoms with van der Waals surface area (Å²) < 4.78 is 5.14. The van der Waals surface area contributed by atoms with Gasteiger partial charge >= 0.3 is 0 Å². The summed E-state index contributed by atoms with van der Waals surface area (Å²) in [5, 5.41) is 9.19. The van der Waals surface area contributed by atoms with Crippen LogP contribution in [0.1, 0.15) is 20.3 Å². The molecule has 1 saturated heterocycles. The SMILES string of the molecule is CC1CC(N)C(C)OC1O. The minimum Gasteiger partial charge on any atom is -0.368 e. The molecule has 1 aliphatic heterocycles. The summed E-state index contributed by atoms with van der Waals surface area (Å²) in [5.41, 5.74) is 5.69. The molecule has 3 nitrogen and oxygen atoms in total. The van der Waals surface area contributed by atoms with Crippen LogP contribution in [0.4, 0.5) is 0 Å². The number of ether oxygens (including phenoxy) is 1. The van der Waals surface area contributed by atoms with E-state index >= 15 is 0 Å². The third kappa shape index (κ3) is 1.48. The van der Waals surface area contributed by atoms with Crippen LogP contribution in [0.2, 0.25) is 0 Å². The van der Waals surface area contributed by atoms with Crippen LogP contribution in [0.25, 0.3) is 0 Å². The molecule has 1 aliphatic rings. The lowest BCUT2D eigenvalue weighted by Crippen LogP contribution is -2.46. The fourth-order valence-electron chi connectivity index (χ4n) is 1.19. The Morgan fingerprint density at radius 3 is 2.60 bits per heavy atom. The van der Waals surface area contributed by atoms with Gasteiger partial charge in [0, 0.05) is 12.0 Å². The zero-order valence-corrected chi connectivity index (χ0v) is 6.45. The Kier molecular flexibility index (Phi) is 2.28. The van der Waals surface area contributed by atoms with E-state index < -0.39 is 6.29 Å². The molecule has 60 valence electrons. The van der Waals surface area contributed by atoms with E-state index in [4.69, 9.17) is 10.5 Å². The standard InChI is InChI=1S/C7H15NO2/c1-4-3-6(8)5(2)10-7(4)9/h4-7,9H,3,8H2,1-2H3. The molecule has 0 aliphatic carbocycles. The lowest BCUT2D eigenvalue weighted by Gasteiger charge is -2.34. The minimum absolute atomic E-state index is 0.00815. The van der Waals surface area contributed by atoms with Crippen LogP contribution < -0.4 is 5.73 Å². The molecular formula is C7H15NO2. The average Bonchev–Trinajstić information content (AvgIpc) is 1.84. The van der Waals surface area contributed by atoms with Crippen LogP contribution >= 0.6 is 0 Å². The molecule has 10 heavy (non-hydrogen) atoms. The molecule has 0 aromatic rings. The minimum atomic E-state index is -0.616. The Morgan fingerprint density at radius 1 is 1.50 bits per heavy atom. The summed E-state index contributed by atoms with van der Waals surface area (Å²) in [5.74, 6) is 0.172. The van der Waals surface area contributed by atoms with Gasteiger partial charge in [-0.25, -0.2) is 0 Å². The first-order valence-electron chi connectivity index (χ1n) is 3.70. The Bertz CT molecular complexity index is 92.2. The molecule has 3 heteroatoms. The largest absolute Gasteiger partial charge is 0.368 e. The van der Waals surface area contributed by atoms with Crippen molar-refractivity contribution in [2.24, 2.45) is 11.7 Å². The maximum Gasteiger partial charge on any atom is 0.157 e. The van der Waals surface area contributed by atoms with Gasteiger partial charge in [0.25, 0.3) is 0 Å². The van der Waals surface area contributed by atoms with Gasteiger partial charge in [-0.1, -0.05) is 6.92 Å². The Balaban J connectivity index is 2.46. The molecule has 0 saturated carbocycles. The highest BCUT2D eigenvalue weighted by molar-refractivity contribution is 4.78. The summed E-state index contributed by atoms with van der Waals surface area (Å²) in [6.07, 6.45) is 0.225. The fraction of sp³-hybridized carbons (Fsp3) is 1.00. The first-order valence-corrected chi connectivity index (χ1v) is 3.70. The summed E-state index contributed by atoms with van der Waals surface area (Å²) >= 11 is 0. The van der Waals surface area contributed by atoms with Gasteiger partial charge in [0.1, 0.15) is 0 Å². The third-order valence-corrected chi connectivity index (χ3v) is 2.09. The average molecular weight is 145 g/mol. The number of aliphatic hydroxyl groups is 1. The highest BCUT2D eigenvalue weighted by Gasteiger charge is 2.29. The number of hydrogen-bond donors (Lipinski definition) is 2. The first-order chi connectivity index (χ1) is 4.61. The maximum absolute atomic E-state index is 9.19. The molecule has 0 aromatic carbocycles. The zero-order valence-electron chi connectivity index (χ0n) is 6.45. The van der Waals surface area contributed by atoms with Gasteiger partial charge in [-0.05, 0) is 13.3 Å². The van der Waals surface area contributed by atoms with E-state index in [2.05, 4.69) is 0 Å². The van der Waals surface area contributed by atoms with E-state index in [0.29, 0.717) is 0 Å². The van der Waals surface area contributed by atoms with Gasteiger partial charge in [-0.3, -0.25) is 0 Å². The molecule has 0 radical (unpaired) electrons. The molecular weight excluding hydrogens is 130 g/mol. The molecule has 4 atom stereocenters. The van der Waals surface area contributed by atoms with E-state index in [1.165, 1.54) is 0 Å². The highest BCUT2D eigenvalue weighted by atomic mass is 16.6. The zero-order chi connectivity index (χ0) is 7.72. The lowest BCUT2D eigenvalue weighted by molar-refractivity contribution is -0.190. The molecule has 1 heterocycles. The van der Waals surface area contributed by atoms with Crippen LogP contribution in [0.5, 0.6) is 0 Å². The van der Waals surface area contributed by atoms with Gasteiger partial charge in [-0.15, -0.1) is 0 Å². The maximum atomic E-state index is 9.19. The summed E-state index contributed by atoms with van der Waals surface area (Å²) in [7, 11) is 0. The second-order valence-electron chi connectivity index (χ2n) is 3.11. The molecule has 1 fully saturated rings. The van der Waals surface area contributed by atoms with Crippen molar-refractivity contribution in [3.63, 3.8) is 0 Å².